The number of rotatable bonds is 5. The van der Waals surface area contributed by atoms with Crippen molar-refractivity contribution in [1.29, 1.82) is 0 Å². The SMILES string of the molecule is CCn1cc(NCc2cccc(F)c2F)c(C(=O)O)n1. The standard InChI is InChI=1S/C13H13F2N3O2/c1-2-18-7-10(12(17-18)13(19)20)16-6-8-4-3-5-9(14)11(8)15/h3-5,7,16H,2,6H2,1H3,(H,19,20). The fourth-order valence-corrected chi connectivity index (χ4v) is 1.75. The number of hydrogen-bond acceptors (Lipinski definition) is 3. The van der Waals surface area contributed by atoms with E-state index in [1.54, 1.807) is 0 Å². The van der Waals surface area contributed by atoms with Crippen LogP contribution in [0.25, 0.3) is 0 Å². The number of carboxylic acid groups (broad SMARTS) is 1. The van der Waals surface area contributed by atoms with E-state index in [2.05, 4.69) is 10.4 Å². The minimum absolute atomic E-state index is 0.0285. The summed E-state index contributed by atoms with van der Waals surface area (Å²) in [6.45, 7) is 2.30. The van der Waals surface area contributed by atoms with E-state index < -0.39 is 17.6 Å². The van der Waals surface area contributed by atoms with Crippen molar-refractivity contribution in [2.24, 2.45) is 0 Å². The molecule has 0 saturated carbocycles. The first-order chi connectivity index (χ1) is 9.52. The van der Waals surface area contributed by atoms with Gasteiger partial charge in [-0.15, -0.1) is 0 Å². The van der Waals surface area contributed by atoms with Gasteiger partial charge in [-0.3, -0.25) is 4.68 Å². The molecule has 0 unspecified atom stereocenters. The van der Waals surface area contributed by atoms with E-state index in [9.17, 15) is 13.6 Å². The number of benzene rings is 1. The second kappa shape index (κ2) is 5.68. The molecular formula is C13H13F2N3O2. The van der Waals surface area contributed by atoms with Crippen LogP contribution in [0.1, 0.15) is 23.0 Å². The van der Waals surface area contributed by atoms with Crippen LogP contribution in [0, 0.1) is 11.6 Å². The Morgan fingerprint density at radius 1 is 1.45 bits per heavy atom. The molecule has 2 rings (SSSR count). The number of aryl methyl sites for hydroxylation is 1. The molecular weight excluding hydrogens is 268 g/mol. The molecule has 0 aliphatic carbocycles. The summed E-state index contributed by atoms with van der Waals surface area (Å²) in [5, 5.41) is 15.7. The van der Waals surface area contributed by atoms with Gasteiger partial charge in [0.1, 0.15) is 0 Å². The van der Waals surface area contributed by atoms with E-state index in [-0.39, 0.29) is 23.5 Å². The summed E-state index contributed by atoms with van der Waals surface area (Å²) in [5.41, 5.74) is 0.234. The monoisotopic (exact) mass is 281 g/mol. The van der Waals surface area contributed by atoms with E-state index in [0.29, 0.717) is 6.54 Å². The number of aromatic carboxylic acids is 1. The number of aromatic nitrogens is 2. The molecule has 0 aliphatic heterocycles. The van der Waals surface area contributed by atoms with Gasteiger partial charge < -0.3 is 10.4 Å². The molecule has 0 spiro atoms. The van der Waals surface area contributed by atoms with Crippen molar-refractivity contribution in [2.75, 3.05) is 5.32 Å². The number of carboxylic acids is 1. The van der Waals surface area contributed by atoms with Crippen LogP contribution < -0.4 is 5.32 Å². The van der Waals surface area contributed by atoms with Crippen LogP contribution in [-0.4, -0.2) is 20.9 Å². The van der Waals surface area contributed by atoms with Crippen molar-refractivity contribution < 1.29 is 18.7 Å². The topological polar surface area (TPSA) is 67.2 Å². The van der Waals surface area contributed by atoms with Crippen LogP contribution in [0.4, 0.5) is 14.5 Å². The Morgan fingerprint density at radius 2 is 2.20 bits per heavy atom. The van der Waals surface area contributed by atoms with Gasteiger partial charge in [0.2, 0.25) is 0 Å². The molecule has 20 heavy (non-hydrogen) atoms. The van der Waals surface area contributed by atoms with E-state index in [0.717, 1.165) is 6.07 Å². The molecule has 1 heterocycles. The van der Waals surface area contributed by atoms with Crippen LogP contribution >= 0.6 is 0 Å². The largest absolute Gasteiger partial charge is 0.476 e. The summed E-state index contributed by atoms with van der Waals surface area (Å²) >= 11 is 0. The number of nitrogens with zero attached hydrogens (tertiary/aromatic N) is 2. The highest BCUT2D eigenvalue weighted by atomic mass is 19.2. The Hall–Kier alpha value is -2.44. The summed E-state index contributed by atoms with van der Waals surface area (Å²) in [6, 6.07) is 3.84. The van der Waals surface area contributed by atoms with E-state index >= 15 is 0 Å². The Labute approximate surface area is 113 Å². The Kier molecular flexibility index (Phi) is 3.97. The van der Waals surface area contributed by atoms with Gasteiger partial charge in [0.25, 0.3) is 0 Å². The minimum atomic E-state index is -1.18. The number of nitrogens with one attached hydrogen (secondary N) is 1. The molecule has 0 saturated heterocycles. The first-order valence-corrected chi connectivity index (χ1v) is 6.00. The lowest BCUT2D eigenvalue weighted by Crippen LogP contribution is -2.07. The van der Waals surface area contributed by atoms with Gasteiger partial charge in [-0.2, -0.15) is 5.10 Å². The van der Waals surface area contributed by atoms with Gasteiger partial charge >= 0.3 is 5.97 Å². The molecule has 1 aromatic heterocycles. The number of hydrogen-bond donors (Lipinski definition) is 2. The third kappa shape index (κ3) is 2.76. The molecule has 1 aromatic carbocycles. The molecule has 2 N–H and O–H groups in total. The fraction of sp³-hybridized carbons (Fsp3) is 0.231. The maximum atomic E-state index is 13.5. The molecule has 0 radical (unpaired) electrons. The zero-order valence-corrected chi connectivity index (χ0v) is 10.7. The van der Waals surface area contributed by atoms with Gasteiger partial charge in [-0.05, 0) is 13.0 Å². The zero-order valence-electron chi connectivity index (χ0n) is 10.7. The quantitative estimate of drug-likeness (QED) is 0.883. The molecule has 0 aliphatic rings. The van der Waals surface area contributed by atoms with Crippen molar-refractivity contribution in [2.45, 2.75) is 20.0 Å². The molecule has 106 valence electrons. The van der Waals surface area contributed by atoms with Crippen molar-refractivity contribution in [3.8, 4) is 0 Å². The molecule has 7 heteroatoms. The molecule has 2 aromatic rings. The Bertz CT molecular complexity index is 641. The summed E-state index contributed by atoms with van der Waals surface area (Å²) in [6.07, 6.45) is 1.51. The highest BCUT2D eigenvalue weighted by Crippen LogP contribution is 2.17. The van der Waals surface area contributed by atoms with E-state index in [1.807, 2.05) is 6.92 Å². The molecule has 0 bridgehead atoms. The predicted octanol–water partition coefficient (Wildman–Crippen LogP) is 2.49. The van der Waals surface area contributed by atoms with E-state index in [4.69, 9.17) is 5.11 Å². The maximum Gasteiger partial charge on any atom is 0.358 e. The van der Waals surface area contributed by atoms with E-state index in [1.165, 1.54) is 23.0 Å². The van der Waals surface area contributed by atoms with Crippen molar-refractivity contribution >= 4 is 11.7 Å². The first kappa shape index (κ1) is 14.0. The van der Waals surface area contributed by atoms with Gasteiger partial charge in [-0.25, -0.2) is 13.6 Å². The molecule has 0 amide bonds. The lowest BCUT2D eigenvalue weighted by atomic mass is 10.2. The van der Waals surface area contributed by atoms with Crippen molar-refractivity contribution in [1.82, 2.24) is 9.78 Å². The third-order valence-electron chi connectivity index (χ3n) is 2.79. The number of carbonyl (C=O) groups is 1. The van der Waals surface area contributed by atoms with Crippen LogP contribution in [-0.2, 0) is 13.1 Å². The van der Waals surface area contributed by atoms with Gasteiger partial charge in [0, 0.05) is 24.8 Å². The maximum absolute atomic E-state index is 13.5. The average Bonchev–Trinajstić information content (AvgIpc) is 2.84. The van der Waals surface area contributed by atoms with Crippen LogP contribution in [0.15, 0.2) is 24.4 Å². The van der Waals surface area contributed by atoms with Crippen molar-refractivity contribution in [3.63, 3.8) is 0 Å². The van der Waals surface area contributed by atoms with Crippen LogP contribution in [0.5, 0.6) is 0 Å². The Morgan fingerprint density at radius 3 is 2.85 bits per heavy atom. The normalized spacial score (nSPS) is 10.6. The summed E-state index contributed by atoms with van der Waals surface area (Å²) in [5.74, 6) is -3.06. The minimum Gasteiger partial charge on any atom is -0.476 e. The van der Waals surface area contributed by atoms with Gasteiger partial charge in [0.05, 0.1) is 5.69 Å². The smallest absolute Gasteiger partial charge is 0.358 e. The zero-order chi connectivity index (χ0) is 14.7. The van der Waals surface area contributed by atoms with Gasteiger partial charge in [-0.1, -0.05) is 12.1 Å². The number of halogens is 2. The van der Waals surface area contributed by atoms with Gasteiger partial charge in [0.15, 0.2) is 17.3 Å². The molecule has 5 nitrogen and oxygen atoms in total. The second-order valence-electron chi connectivity index (χ2n) is 4.12. The lowest BCUT2D eigenvalue weighted by Gasteiger charge is -2.06. The average molecular weight is 281 g/mol. The first-order valence-electron chi connectivity index (χ1n) is 6.00. The Balaban J connectivity index is 2.20. The second-order valence-corrected chi connectivity index (χ2v) is 4.12. The van der Waals surface area contributed by atoms with Crippen LogP contribution in [0.3, 0.4) is 0 Å². The predicted molar refractivity (Wildman–Crippen MR) is 68.5 cm³/mol. The summed E-state index contributed by atoms with van der Waals surface area (Å²) in [4.78, 5) is 11.0. The third-order valence-corrected chi connectivity index (χ3v) is 2.79. The molecule has 0 fully saturated rings. The number of anilines is 1. The van der Waals surface area contributed by atoms with Crippen LogP contribution in [0.2, 0.25) is 0 Å². The lowest BCUT2D eigenvalue weighted by molar-refractivity contribution is 0.0690. The highest BCUT2D eigenvalue weighted by Gasteiger charge is 2.16. The summed E-state index contributed by atoms with van der Waals surface area (Å²) < 4.78 is 28.0. The molecule has 0 atom stereocenters. The summed E-state index contributed by atoms with van der Waals surface area (Å²) in [7, 11) is 0. The fourth-order valence-electron chi connectivity index (χ4n) is 1.75. The van der Waals surface area contributed by atoms with Crippen molar-refractivity contribution in [3.05, 3.63) is 47.3 Å². The highest BCUT2D eigenvalue weighted by molar-refractivity contribution is 5.91.